The number of ketones is 1. The molecule has 14 heavy (non-hydrogen) atoms. The summed E-state index contributed by atoms with van der Waals surface area (Å²) in [6.45, 7) is 0. The first-order valence-corrected chi connectivity index (χ1v) is 4.50. The van der Waals surface area contributed by atoms with Crippen LogP contribution in [0.5, 0.6) is 0 Å². The van der Waals surface area contributed by atoms with Crippen molar-refractivity contribution in [2.45, 2.75) is 12.2 Å². The second kappa shape index (κ2) is 2.77. The van der Waals surface area contributed by atoms with Crippen LogP contribution in [0.2, 0.25) is 0 Å². The van der Waals surface area contributed by atoms with Crippen molar-refractivity contribution in [3.63, 3.8) is 0 Å². The van der Waals surface area contributed by atoms with E-state index in [4.69, 9.17) is 9.78 Å². The van der Waals surface area contributed by atoms with E-state index in [-0.39, 0.29) is 11.9 Å². The van der Waals surface area contributed by atoms with Crippen LogP contribution in [0.3, 0.4) is 0 Å². The predicted octanol–water partition coefficient (Wildman–Crippen LogP) is 1.81. The zero-order valence-corrected chi connectivity index (χ0v) is 7.34. The lowest BCUT2D eigenvalue weighted by Gasteiger charge is -2.16. The topological polar surface area (TPSA) is 35.5 Å². The van der Waals surface area contributed by atoms with E-state index < -0.39 is 6.10 Å². The van der Waals surface area contributed by atoms with Crippen LogP contribution < -0.4 is 0 Å². The molecule has 3 aliphatic rings. The largest absolute Gasteiger partial charge is 0.291 e. The maximum atomic E-state index is 11.8. The molecule has 0 saturated heterocycles. The lowest BCUT2D eigenvalue weighted by Crippen LogP contribution is -2.21. The lowest BCUT2D eigenvalue weighted by molar-refractivity contribution is -0.329. The van der Waals surface area contributed by atoms with Gasteiger partial charge >= 0.3 is 0 Å². The third-order valence-corrected chi connectivity index (χ3v) is 2.51. The minimum atomic E-state index is -0.574. The molecule has 0 amide bonds. The van der Waals surface area contributed by atoms with Crippen LogP contribution in [0, 0.1) is 0 Å². The first-order valence-electron chi connectivity index (χ1n) is 4.50. The van der Waals surface area contributed by atoms with E-state index in [2.05, 4.69) is 0 Å². The molecule has 0 radical (unpaired) electrons. The molecular weight excluding hydrogens is 180 g/mol. The van der Waals surface area contributed by atoms with Gasteiger partial charge in [-0.2, -0.15) is 0 Å². The molecular formula is C11H8O3. The molecule has 0 spiro atoms. The Kier molecular flexibility index (Phi) is 1.56. The van der Waals surface area contributed by atoms with Crippen molar-refractivity contribution in [1.29, 1.82) is 0 Å². The van der Waals surface area contributed by atoms with Gasteiger partial charge in [0.05, 0.1) is 0 Å². The number of Topliss-reactive ketones (excluding diaryl/α,β-unsaturated/α-hetero) is 1. The van der Waals surface area contributed by atoms with Crippen LogP contribution in [-0.2, 0) is 9.78 Å². The van der Waals surface area contributed by atoms with E-state index in [9.17, 15) is 4.79 Å². The highest BCUT2D eigenvalue weighted by atomic mass is 17.2. The van der Waals surface area contributed by atoms with Crippen molar-refractivity contribution in [2.75, 3.05) is 0 Å². The van der Waals surface area contributed by atoms with Crippen molar-refractivity contribution >= 4 is 5.78 Å². The van der Waals surface area contributed by atoms with Crippen molar-refractivity contribution in [3.05, 3.63) is 47.5 Å². The number of fused-ring (bicyclic) bond motifs is 1. The summed E-state index contributed by atoms with van der Waals surface area (Å²) >= 11 is 0. The molecule has 0 saturated carbocycles. The Morgan fingerprint density at radius 1 is 1.00 bits per heavy atom. The molecule has 2 bridgehead atoms. The summed E-state index contributed by atoms with van der Waals surface area (Å²) in [7, 11) is 0. The second-order valence-electron chi connectivity index (χ2n) is 3.37. The molecule has 2 aliphatic heterocycles. The highest BCUT2D eigenvalue weighted by molar-refractivity contribution is 6.02. The van der Waals surface area contributed by atoms with Crippen LogP contribution in [0.15, 0.2) is 36.4 Å². The minimum Gasteiger partial charge on any atom is -0.291 e. The standard InChI is InChI=1S/C11H8O3/c12-11-8-4-2-1-3-7(8)9-5-6-10(11)14-13-9/h1-6,9-10H/t9-,10+/m1/s1. The highest BCUT2D eigenvalue weighted by Gasteiger charge is 2.33. The van der Waals surface area contributed by atoms with Gasteiger partial charge in [-0.15, -0.1) is 0 Å². The van der Waals surface area contributed by atoms with E-state index in [1.165, 1.54) is 0 Å². The number of carbonyl (C=O) groups is 1. The number of carbonyl (C=O) groups excluding carboxylic acids is 1. The van der Waals surface area contributed by atoms with E-state index >= 15 is 0 Å². The fraction of sp³-hybridized carbons (Fsp3) is 0.182. The van der Waals surface area contributed by atoms with Crippen LogP contribution in [-0.4, -0.2) is 11.9 Å². The van der Waals surface area contributed by atoms with Crippen LogP contribution >= 0.6 is 0 Å². The molecule has 1 aromatic rings. The Hall–Kier alpha value is -1.45. The fourth-order valence-electron chi connectivity index (χ4n) is 1.80. The van der Waals surface area contributed by atoms with E-state index in [1.807, 2.05) is 30.3 Å². The van der Waals surface area contributed by atoms with Crippen LogP contribution in [0.1, 0.15) is 22.0 Å². The van der Waals surface area contributed by atoms with E-state index in [0.29, 0.717) is 5.56 Å². The van der Waals surface area contributed by atoms with E-state index in [1.54, 1.807) is 6.08 Å². The molecule has 2 atom stereocenters. The molecule has 4 rings (SSSR count). The summed E-state index contributed by atoms with van der Waals surface area (Å²) in [6.07, 6.45) is 2.79. The molecule has 0 fully saturated rings. The van der Waals surface area contributed by atoms with Gasteiger partial charge in [0.1, 0.15) is 6.10 Å². The molecule has 3 heteroatoms. The van der Waals surface area contributed by atoms with Crippen LogP contribution in [0.25, 0.3) is 0 Å². The molecule has 0 aromatic heterocycles. The van der Waals surface area contributed by atoms with Crippen molar-refractivity contribution < 1.29 is 14.6 Å². The van der Waals surface area contributed by atoms with Crippen molar-refractivity contribution in [3.8, 4) is 0 Å². The van der Waals surface area contributed by atoms with Gasteiger partial charge in [0.2, 0.25) is 0 Å². The monoisotopic (exact) mass is 188 g/mol. The Labute approximate surface area is 80.9 Å². The highest BCUT2D eigenvalue weighted by Crippen LogP contribution is 2.32. The van der Waals surface area contributed by atoms with Crippen LogP contribution in [0.4, 0.5) is 0 Å². The number of hydrogen-bond donors (Lipinski definition) is 0. The molecule has 2 heterocycles. The molecule has 1 aromatic carbocycles. The Balaban J connectivity index is 2.25. The average Bonchev–Trinajstić information content (AvgIpc) is 2.48. The fourth-order valence-corrected chi connectivity index (χ4v) is 1.80. The van der Waals surface area contributed by atoms with Gasteiger partial charge in [-0.05, 0) is 17.7 Å². The zero-order chi connectivity index (χ0) is 9.54. The van der Waals surface area contributed by atoms with Gasteiger partial charge in [-0.1, -0.05) is 24.3 Å². The Morgan fingerprint density at radius 2 is 1.71 bits per heavy atom. The second-order valence-corrected chi connectivity index (χ2v) is 3.37. The lowest BCUT2D eigenvalue weighted by atomic mass is 10.0. The van der Waals surface area contributed by atoms with Gasteiger partial charge in [-0.25, -0.2) is 9.78 Å². The average molecular weight is 188 g/mol. The quantitative estimate of drug-likeness (QED) is 0.460. The summed E-state index contributed by atoms with van der Waals surface area (Å²) in [5.74, 6) is -0.0307. The van der Waals surface area contributed by atoms with E-state index in [0.717, 1.165) is 5.56 Å². The van der Waals surface area contributed by atoms with Gasteiger partial charge in [0.25, 0.3) is 0 Å². The summed E-state index contributed by atoms with van der Waals surface area (Å²) < 4.78 is 0. The number of benzene rings is 1. The van der Waals surface area contributed by atoms with Gasteiger partial charge < -0.3 is 0 Å². The Bertz CT molecular complexity index is 422. The first kappa shape index (κ1) is 7.91. The van der Waals surface area contributed by atoms with Crippen molar-refractivity contribution in [2.24, 2.45) is 0 Å². The van der Waals surface area contributed by atoms with Crippen molar-refractivity contribution in [1.82, 2.24) is 0 Å². The Morgan fingerprint density at radius 3 is 2.50 bits per heavy atom. The predicted molar refractivity (Wildman–Crippen MR) is 48.6 cm³/mol. The minimum absolute atomic E-state index is 0.0307. The van der Waals surface area contributed by atoms with Gasteiger partial charge in [0, 0.05) is 5.56 Å². The third-order valence-electron chi connectivity index (χ3n) is 2.51. The summed E-state index contributed by atoms with van der Waals surface area (Å²) in [6, 6.07) is 7.44. The molecule has 0 unspecified atom stereocenters. The number of rotatable bonds is 0. The molecule has 70 valence electrons. The molecule has 3 nitrogen and oxygen atoms in total. The molecule has 1 aliphatic carbocycles. The SMILES string of the molecule is O=C1c2ccccc2[C@H]2C=C[C@@H]1OO2. The van der Waals surface area contributed by atoms with Gasteiger partial charge in [-0.3, -0.25) is 4.79 Å². The normalized spacial score (nSPS) is 28.7. The summed E-state index contributed by atoms with van der Waals surface area (Å²) in [5, 5.41) is 0. The summed E-state index contributed by atoms with van der Waals surface area (Å²) in [4.78, 5) is 21.9. The molecule has 0 N–H and O–H groups in total. The first-order chi connectivity index (χ1) is 6.86. The van der Waals surface area contributed by atoms with Gasteiger partial charge in [0.15, 0.2) is 11.9 Å². The maximum Gasteiger partial charge on any atom is 0.199 e. The summed E-state index contributed by atoms with van der Waals surface area (Å²) in [5.41, 5.74) is 1.58. The number of hydrogen-bond acceptors (Lipinski definition) is 3. The zero-order valence-electron chi connectivity index (χ0n) is 7.34. The third kappa shape index (κ3) is 0.967. The maximum absolute atomic E-state index is 11.8. The smallest absolute Gasteiger partial charge is 0.199 e.